The lowest BCUT2D eigenvalue weighted by Gasteiger charge is -2.14. The summed E-state index contributed by atoms with van der Waals surface area (Å²) in [5.41, 5.74) is 1.20. The van der Waals surface area contributed by atoms with Crippen LogP contribution in [0.25, 0.3) is 0 Å². The SMILES string of the molecule is COCc1nsc(N(C)Cc2ccncc2)n1. The van der Waals surface area contributed by atoms with E-state index in [0.717, 1.165) is 17.5 Å². The fourth-order valence-electron chi connectivity index (χ4n) is 1.42. The van der Waals surface area contributed by atoms with E-state index in [1.165, 1.54) is 17.1 Å². The summed E-state index contributed by atoms with van der Waals surface area (Å²) in [6.45, 7) is 1.25. The van der Waals surface area contributed by atoms with Crippen LogP contribution in [0.4, 0.5) is 5.13 Å². The Morgan fingerprint density at radius 3 is 2.82 bits per heavy atom. The Labute approximate surface area is 104 Å². The summed E-state index contributed by atoms with van der Waals surface area (Å²) in [4.78, 5) is 10.4. The van der Waals surface area contributed by atoms with Crippen molar-refractivity contribution in [2.75, 3.05) is 19.1 Å². The first kappa shape index (κ1) is 11.9. The predicted molar refractivity (Wildman–Crippen MR) is 67.0 cm³/mol. The lowest BCUT2D eigenvalue weighted by Crippen LogP contribution is -2.16. The third kappa shape index (κ3) is 3.21. The molecule has 2 rings (SSSR count). The zero-order chi connectivity index (χ0) is 12.1. The lowest BCUT2D eigenvalue weighted by molar-refractivity contribution is 0.179. The van der Waals surface area contributed by atoms with E-state index >= 15 is 0 Å². The third-order valence-electron chi connectivity index (χ3n) is 2.23. The first-order valence-corrected chi connectivity index (χ1v) is 5.98. The molecule has 2 aromatic heterocycles. The summed E-state index contributed by atoms with van der Waals surface area (Å²) in [6.07, 6.45) is 3.58. The molecular formula is C11H14N4OS. The minimum absolute atomic E-state index is 0.458. The van der Waals surface area contributed by atoms with Crippen molar-refractivity contribution in [2.24, 2.45) is 0 Å². The fraction of sp³-hybridized carbons (Fsp3) is 0.364. The van der Waals surface area contributed by atoms with E-state index in [9.17, 15) is 0 Å². The highest BCUT2D eigenvalue weighted by atomic mass is 32.1. The number of hydrogen-bond donors (Lipinski definition) is 0. The number of nitrogens with zero attached hydrogens (tertiary/aromatic N) is 4. The van der Waals surface area contributed by atoms with Gasteiger partial charge in [0.15, 0.2) is 5.82 Å². The van der Waals surface area contributed by atoms with Gasteiger partial charge in [0.25, 0.3) is 0 Å². The molecule has 2 aromatic rings. The highest BCUT2D eigenvalue weighted by molar-refractivity contribution is 7.09. The number of hydrogen-bond acceptors (Lipinski definition) is 6. The Bertz CT molecular complexity index is 460. The summed E-state index contributed by atoms with van der Waals surface area (Å²) in [6, 6.07) is 3.99. The molecule has 0 aliphatic heterocycles. The van der Waals surface area contributed by atoms with Crippen molar-refractivity contribution < 1.29 is 4.74 Å². The highest BCUT2D eigenvalue weighted by Crippen LogP contribution is 2.18. The van der Waals surface area contributed by atoms with Crippen LogP contribution in [0.5, 0.6) is 0 Å². The molecule has 0 bridgehead atoms. The predicted octanol–water partition coefficient (Wildman–Crippen LogP) is 1.72. The first-order valence-electron chi connectivity index (χ1n) is 5.21. The number of pyridine rings is 1. The van der Waals surface area contributed by atoms with Crippen LogP contribution < -0.4 is 4.90 Å². The van der Waals surface area contributed by atoms with Crippen molar-refractivity contribution in [3.63, 3.8) is 0 Å². The van der Waals surface area contributed by atoms with Crippen LogP contribution in [0.1, 0.15) is 11.4 Å². The van der Waals surface area contributed by atoms with E-state index in [1.54, 1.807) is 19.5 Å². The summed E-state index contributed by atoms with van der Waals surface area (Å²) in [7, 11) is 3.64. The van der Waals surface area contributed by atoms with Crippen molar-refractivity contribution in [1.82, 2.24) is 14.3 Å². The Morgan fingerprint density at radius 2 is 2.12 bits per heavy atom. The molecule has 0 saturated heterocycles. The van der Waals surface area contributed by atoms with Crippen LogP contribution in [0, 0.1) is 0 Å². The van der Waals surface area contributed by atoms with Gasteiger partial charge in [0.05, 0.1) is 0 Å². The smallest absolute Gasteiger partial charge is 0.205 e. The van der Waals surface area contributed by atoms with Gasteiger partial charge in [-0.15, -0.1) is 0 Å². The molecule has 0 aliphatic rings. The summed E-state index contributed by atoms with van der Waals surface area (Å²) >= 11 is 1.39. The molecule has 0 aromatic carbocycles. The van der Waals surface area contributed by atoms with Crippen molar-refractivity contribution in [3.05, 3.63) is 35.9 Å². The van der Waals surface area contributed by atoms with Gasteiger partial charge in [-0.1, -0.05) is 0 Å². The molecule has 0 N–H and O–H groups in total. The van der Waals surface area contributed by atoms with Gasteiger partial charge in [-0.25, -0.2) is 4.98 Å². The highest BCUT2D eigenvalue weighted by Gasteiger charge is 2.08. The minimum Gasteiger partial charge on any atom is -0.377 e. The van der Waals surface area contributed by atoms with Gasteiger partial charge in [-0.2, -0.15) is 4.37 Å². The summed E-state index contributed by atoms with van der Waals surface area (Å²) < 4.78 is 9.21. The molecule has 17 heavy (non-hydrogen) atoms. The van der Waals surface area contributed by atoms with Crippen LogP contribution in [-0.2, 0) is 17.9 Å². The van der Waals surface area contributed by atoms with Crippen LogP contribution in [0.3, 0.4) is 0 Å². The molecule has 6 heteroatoms. The molecule has 0 fully saturated rings. The Kier molecular flexibility index (Phi) is 4.00. The molecule has 0 aliphatic carbocycles. The van der Waals surface area contributed by atoms with Crippen molar-refractivity contribution in [2.45, 2.75) is 13.2 Å². The van der Waals surface area contributed by atoms with Crippen LogP contribution in [0.15, 0.2) is 24.5 Å². The normalized spacial score (nSPS) is 10.5. The molecule has 2 heterocycles. The van der Waals surface area contributed by atoms with Gasteiger partial charge in [-0.3, -0.25) is 4.98 Å². The van der Waals surface area contributed by atoms with Crippen molar-refractivity contribution in [1.29, 1.82) is 0 Å². The van der Waals surface area contributed by atoms with E-state index in [4.69, 9.17) is 4.74 Å². The van der Waals surface area contributed by atoms with Gasteiger partial charge in [-0.05, 0) is 17.7 Å². The monoisotopic (exact) mass is 250 g/mol. The first-order chi connectivity index (χ1) is 8.29. The fourth-order valence-corrected chi connectivity index (χ4v) is 2.05. The lowest BCUT2D eigenvalue weighted by atomic mass is 10.2. The third-order valence-corrected chi connectivity index (χ3v) is 3.09. The van der Waals surface area contributed by atoms with Crippen molar-refractivity contribution >= 4 is 16.7 Å². The van der Waals surface area contributed by atoms with Gasteiger partial charge < -0.3 is 9.64 Å². The second-order valence-electron chi connectivity index (χ2n) is 3.64. The average Bonchev–Trinajstić information content (AvgIpc) is 2.79. The maximum Gasteiger partial charge on any atom is 0.205 e. The largest absolute Gasteiger partial charge is 0.377 e. The number of methoxy groups -OCH3 is 1. The number of anilines is 1. The molecule has 0 spiro atoms. The average molecular weight is 250 g/mol. The molecule has 0 saturated carbocycles. The Hall–Kier alpha value is -1.53. The van der Waals surface area contributed by atoms with E-state index in [1.807, 2.05) is 19.2 Å². The van der Waals surface area contributed by atoms with E-state index in [-0.39, 0.29) is 0 Å². The van der Waals surface area contributed by atoms with Gasteiger partial charge in [0, 0.05) is 44.6 Å². The number of ether oxygens (including phenoxy) is 1. The number of rotatable bonds is 5. The molecule has 5 nitrogen and oxygen atoms in total. The van der Waals surface area contributed by atoms with Gasteiger partial charge in [0.1, 0.15) is 6.61 Å². The molecule has 0 unspecified atom stereocenters. The van der Waals surface area contributed by atoms with E-state index in [0.29, 0.717) is 6.61 Å². The van der Waals surface area contributed by atoms with E-state index < -0.39 is 0 Å². The second kappa shape index (κ2) is 5.70. The Balaban J connectivity index is 2.01. The number of aromatic nitrogens is 3. The molecule has 0 radical (unpaired) electrons. The quantitative estimate of drug-likeness (QED) is 0.808. The molecular weight excluding hydrogens is 236 g/mol. The summed E-state index contributed by atoms with van der Waals surface area (Å²) in [5, 5.41) is 0.897. The molecule has 90 valence electrons. The standard InChI is InChI=1S/C11H14N4OS/c1-15(7-9-3-5-12-6-4-9)11-13-10(8-16-2)14-17-11/h3-6H,7-8H2,1-2H3. The summed E-state index contributed by atoms with van der Waals surface area (Å²) in [5.74, 6) is 0.731. The molecule has 0 amide bonds. The molecule has 0 atom stereocenters. The van der Waals surface area contributed by atoms with Crippen LogP contribution >= 0.6 is 11.5 Å². The minimum atomic E-state index is 0.458. The second-order valence-corrected chi connectivity index (χ2v) is 4.37. The maximum atomic E-state index is 4.99. The van der Waals surface area contributed by atoms with Crippen LogP contribution in [-0.4, -0.2) is 28.5 Å². The van der Waals surface area contributed by atoms with Crippen molar-refractivity contribution in [3.8, 4) is 0 Å². The zero-order valence-corrected chi connectivity index (χ0v) is 10.6. The van der Waals surface area contributed by atoms with Gasteiger partial charge in [0.2, 0.25) is 5.13 Å². The maximum absolute atomic E-state index is 4.99. The van der Waals surface area contributed by atoms with Crippen LogP contribution in [0.2, 0.25) is 0 Å². The topological polar surface area (TPSA) is 51.1 Å². The Morgan fingerprint density at radius 1 is 1.35 bits per heavy atom. The zero-order valence-electron chi connectivity index (χ0n) is 9.83. The van der Waals surface area contributed by atoms with E-state index in [2.05, 4.69) is 19.2 Å². The van der Waals surface area contributed by atoms with Gasteiger partial charge >= 0.3 is 0 Å².